The summed E-state index contributed by atoms with van der Waals surface area (Å²) in [5.74, 6) is 0. The lowest BCUT2D eigenvalue weighted by Gasteiger charge is -2.07. The molecule has 2 nitrogen and oxygen atoms in total. The standard InChI is InChI=1S/C15H14Cl2N2/c1-11(12-6-3-2-4-7-12)19-18-10-13-14(16)8-5-9-15(13)17/h2-9,18H,10H2,1H3/b19-11+. The third-order valence-electron chi connectivity index (χ3n) is 2.76. The third-order valence-corrected chi connectivity index (χ3v) is 3.46. The molecule has 2 aromatic rings. The highest BCUT2D eigenvalue weighted by molar-refractivity contribution is 6.35. The summed E-state index contributed by atoms with van der Waals surface area (Å²) >= 11 is 12.2. The van der Waals surface area contributed by atoms with E-state index in [-0.39, 0.29) is 0 Å². The van der Waals surface area contributed by atoms with Gasteiger partial charge in [-0.25, -0.2) is 0 Å². The van der Waals surface area contributed by atoms with Gasteiger partial charge in [-0.3, -0.25) is 0 Å². The Morgan fingerprint density at radius 2 is 1.63 bits per heavy atom. The van der Waals surface area contributed by atoms with E-state index in [1.165, 1.54) is 0 Å². The minimum absolute atomic E-state index is 0.503. The maximum absolute atomic E-state index is 6.09. The molecular formula is C15H14Cl2N2. The minimum atomic E-state index is 0.503. The Morgan fingerprint density at radius 1 is 1.00 bits per heavy atom. The first-order chi connectivity index (χ1) is 9.18. The molecule has 2 aromatic carbocycles. The number of hydrazone groups is 1. The van der Waals surface area contributed by atoms with Gasteiger partial charge in [0.15, 0.2) is 0 Å². The molecule has 0 bridgehead atoms. The van der Waals surface area contributed by atoms with Crippen molar-refractivity contribution in [1.82, 2.24) is 5.43 Å². The Kier molecular flexibility index (Phi) is 4.83. The van der Waals surface area contributed by atoms with Crippen molar-refractivity contribution >= 4 is 28.9 Å². The summed E-state index contributed by atoms with van der Waals surface area (Å²) in [4.78, 5) is 0. The molecule has 2 rings (SSSR count). The summed E-state index contributed by atoms with van der Waals surface area (Å²) in [6.45, 7) is 2.46. The largest absolute Gasteiger partial charge is 0.305 e. The summed E-state index contributed by atoms with van der Waals surface area (Å²) in [6, 6.07) is 15.4. The number of benzene rings is 2. The second kappa shape index (κ2) is 6.60. The van der Waals surface area contributed by atoms with Crippen LogP contribution in [0.3, 0.4) is 0 Å². The molecular weight excluding hydrogens is 279 g/mol. The van der Waals surface area contributed by atoms with Crippen LogP contribution in [0, 0.1) is 0 Å². The Bertz CT molecular complexity index is 560. The zero-order valence-electron chi connectivity index (χ0n) is 10.5. The number of rotatable bonds is 4. The summed E-state index contributed by atoms with van der Waals surface area (Å²) in [5, 5.41) is 5.61. The molecule has 0 fully saturated rings. The number of halogens is 2. The molecule has 0 aliphatic heterocycles. The Morgan fingerprint density at radius 3 is 2.26 bits per heavy atom. The number of hydrogen-bond donors (Lipinski definition) is 1. The Balaban J connectivity index is 2.04. The molecule has 0 amide bonds. The fourth-order valence-electron chi connectivity index (χ4n) is 1.68. The summed E-state index contributed by atoms with van der Waals surface area (Å²) in [5.41, 5.74) is 5.86. The molecule has 98 valence electrons. The van der Waals surface area contributed by atoms with Crippen molar-refractivity contribution in [2.45, 2.75) is 13.5 Å². The van der Waals surface area contributed by atoms with Crippen LogP contribution in [0.4, 0.5) is 0 Å². The van der Waals surface area contributed by atoms with Gasteiger partial charge < -0.3 is 5.43 Å². The normalized spacial score (nSPS) is 11.4. The van der Waals surface area contributed by atoms with E-state index < -0.39 is 0 Å². The van der Waals surface area contributed by atoms with Crippen LogP contribution in [0.15, 0.2) is 53.6 Å². The maximum Gasteiger partial charge on any atom is 0.0644 e. The van der Waals surface area contributed by atoms with Crippen LogP contribution < -0.4 is 5.43 Å². The second-order valence-corrected chi connectivity index (χ2v) is 4.91. The van der Waals surface area contributed by atoms with Crippen molar-refractivity contribution in [3.63, 3.8) is 0 Å². The van der Waals surface area contributed by atoms with Crippen molar-refractivity contribution in [1.29, 1.82) is 0 Å². The molecule has 0 aliphatic carbocycles. The van der Waals surface area contributed by atoms with Gasteiger partial charge in [-0.1, -0.05) is 59.6 Å². The molecule has 0 heterocycles. The van der Waals surface area contributed by atoms with Crippen LogP contribution in [-0.2, 0) is 6.54 Å². The molecule has 19 heavy (non-hydrogen) atoms. The van der Waals surface area contributed by atoms with E-state index in [9.17, 15) is 0 Å². The predicted molar refractivity (Wildman–Crippen MR) is 82.0 cm³/mol. The van der Waals surface area contributed by atoms with Crippen LogP contribution in [0.25, 0.3) is 0 Å². The highest BCUT2D eigenvalue weighted by Gasteiger charge is 2.04. The molecule has 0 saturated heterocycles. The topological polar surface area (TPSA) is 24.4 Å². The molecule has 0 radical (unpaired) electrons. The van der Waals surface area contributed by atoms with Crippen molar-refractivity contribution in [2.24, 2.45) is 5.10 Å². The van der Waals surface area contributed by atoms with Gasteiger partial charge in [0.05, 0.1) is 12.3 Å². The van der Waals surface area contributed by atoms with Crippen LogP contribution in [0.2, 0.25) is 10.0 Å². The van der Waals surface area contributed by atoms with Crippen LogP contribution >= 0.6 is 23.2 Å². The first-order valence-electron chi connectivity index (χ1n) is 5.94. The summed E-state index contributed by atoms with van der Waals surface area (Å²) in [6.07, 6.45) is 0. The lowest BCUT2D eigenvalue weighted by molar-refractivity contribution is 0.744. The number of hydrogen-bond acceptors (Lipinski definition) is 2. The Labute approximate surface area is 123 Å². The lowest BCUT2D eigenvalue weighted by atomic mass is 10.1. The van der Waals surface area contributed by atoms with Crippen molar-refractivity contribution in [3.8, 4) is 0 Å². The molecule has 0 saturated carbocycles. The molecule has 0 spiro atoms. The first kappa shape index (κ1) is 13.9. The SMILES string of the molecule is C/C(=N\NCc1c(Cl)cccc1Cl)c1ccccc1. The molecule has 0 aliphatic rings. The average molecular weight is 293 g/mol. The van der Waals surface area contributed by atoms with E-state index in [1.807, 2.05) is 55.5 Å². The Hall–Kier alpha value is -1.51. The van der Waals surface area contributed by atoms with Crippen molar-refractivity contribution in [2.75, 3.05) is 0 Å². The van der Waals surface area contributed by atoms with Crippen LogP contribution in [0.5, 0.6) is 0 Å². The minimum Gasteiger partial charge on any atom is -0.305 e. The van der Waals surface area contributed by atoms with E-state index in [0.29, 0.717) is 16.6 Å². The molecule has 4 heteroatoms. The van der Waals surface area contributed by atoms with Gasteiger partial charge in [-0.05, 0) is 24.6 Å². The quantitative estimate of drug-likeness (QED) is 0.651. The smallest absolute Gasteiger partial charge is 0.0644 e. The van der Waals surface area contributed by atoms with Gasteiger partial charge in [0.1, 0.15) is 0 Å². The molecule has 1 N–H and O–H groups in total. The monoisotopic (exact) mass is 292 g/mol. The zero-order valence-corrected chi connectivity index (χ0v) is 12.0. The van der Waals surface area contributed by atoms with E-state index >= 15 is 0 Å². The van der Waals surface area contributed by atoms with E-state index in [1.54, 1.807) is 0 Å². The van der Waals surface area contributed by atoms with Gasteiger partial charge in [0, 0.05) is 15.6 Å². The highest BCUT2D eigenvalue weighted by Crippen LogP contribution is 2.23. The van der Waals surface area contributed by atoms with E-state index in [4.69, 9.17) is 23.2 Å². The lowest BCUT2D eigenvalue weighted by Crippen LogP contribution is -2.10. The van der Waals surface area contributed by atoms with Gasteiger partial charge in [0.25, 0.3) is 0 Å². The predicted octanol–water partition coefficient (Wildman–Crippen LogP) is 4.51. The first-order valence-corrected chi connectivity index (χ1v) is 6.69. The maximum atomic E-state index is 6.09. The fraction of sp³-hybridized carbons (Fsp3) is 0.133. The van der Waals surface area contributed by atoms with E-state index in [0.717, 1.165) is 16.8 Å². The highest BCUT2D eigenvalue weighted by atomic mass is 35.5. The van der Waals surface area contributed by atoms with Crippen LogP contribution in [0.1, 0.15) is 18.1 Å². The molecule has 0 aromatic heterocycles. The van der Waals surface area contributed by atoms with Gasteiger partial charge in [-0.2, -0.15) is 5.10 Å². The molecule has 0 atom stereocenters. The average Bonchev–Trinajstić information content (AvgIpc) is 2.43. The molecule has 0 unspecified atom stereocenters. The van der Waals surface area contributed by atoms with Crippen molar-refractivity contribution in [3.05, 3.63) is 69.7 Å². The second-order valence-electron chi connectivity index (χ2n) is 4.10. The zero-order chi connectivity index (χ0) is 13.7. The van der Waals surface area contributed by atoms with Gasteiger partial charge in [0.2, 0.25) is 0 Å². The van der Waals surface area contributed by atoms with E-state index in [2.05, 4.69) is 10.5 Å². The van der Waals surface area contributed by atoms with Gasteiger partial charge in [-0.15, -0.1) is 0 Å². The number of nitrogens with one attached hydrogen (secondary N) is 1. The third kappa shape index (κ3) is 3.72. The van der Waals surface area contributed by atoms with Gasteiger partial charge >= 0.3 is 0 Å². The van der Waals surface area contributed by atoms with Crippen molar-refractivity contribution < 1.29 is 0 Å². The summed E-state index contributed by atoms with van der Waals surface area (Å²) in [7, 11) is 0. The summed E-state index contributed by atoms with van der Waals surface area (Å²) < 4.78 is 0. The van der Waals surface area contributed by atoms with Crippen LogP contribution in [-0.4, -0.2) is 5.71 Å². The number of nitrogens with zero attached hydrogens (tertiary/aromatic N) is 1. The fourth-order valence-corrected chi connectivity index (χ4v) is 2.21.